The lowest BCUT2D eigenvalue weighted by atomic mass is 10.2. The van der Waals surface area contributed by atoms with E-state index in [1.54, 1.807) is 6.20 Å². The van der Waals surface area contributed by atoms with Crippen LogP contribution in [0.3, 0.4) is 0 Å². The quantitative estimate of drug-likeness (QED) is 0.493. The molecule has 30 heavy (non-hydrogen) atoms. The summed E-state index contributed by atoms with van der Waals surface area (Å²) < 4.78 is 3.28. The lowest BCUT2D eigenvalue weighted by Crippen LogP contribution is -2.42. The second kappa shape index (κ2) is 7.75. The minimum atomic E-state index is -0.398. The molecule has 0 saturated heterocycles. The lowest BCUT2D eigenvalue weighted by molar-refractivity contribution is -0.122. The van der Waals surface area contributed by atoms with Crippen molar-refractivity contribution < 1.29 is 9.59 Å². The average molecular weight is 423 g/mol. The summed E-state index contributed by atoms with van der Waals surface area (Å²) in [6, 6.07) is 7.54. The first-order valence-corrected chi connectivity index (χ1v) is 10.3. The van der Waals surface area contributed by atoms with E-state index >= 15 is 0 Å². The Balaban J connectivity index is 1.40. The number of carbonyl (C=O) groups excluding carboxylic acids is 2. The second-order valence-corrected chi connectivity index (χ2v) is 8.33. The van der Waals surface area contributed by atoms with Crippen LogP contribution in [0, 0.1) is 13.8 Å². The van der Waals surface area contributed by atoms with Crippen LogP contribution < -0.4 is 16.4 Å². The molecular weight excluding hydrogens is 402 g/mol. The fourth-order valence-electron chi connectivity index (χ4n) is 3.43. The molecule has 9 heteroatoms. The van der Waals surface area contributed by atoms with E-state index in [0.717, 1.165) is 21.3 Å². The van der Waals surface area contributed by atoms with Crippen LogP contribution in [0.1, 0.15) is 27.2 Å². The first-order valence-electron chi connectivity index (χ1n) is 9.45. The van der Waals surface area contributed by atoms with E-state index in [-0.39, 0.29) is 18.5 Å². The summed E-state index contributed by atoms with van der Waals surface area (Å²) in [5.74, 6) is -0.793. The number of benzene rings is 1. The van der Waals surface area contributed by atoms with Gasteiger partial charge in [-0.25, -0.2) is 4.98 Å². The van der Waals surface area contributed by atoms with E-state index in [9.17, 15) is 14.4 Å². The van der Waals surface area contributed by atoms with Gasteiger partial charge in [-0.05, 0) is 25.5 Å². The number of hydrogen-bond acceptors (Lipinski definition) is 5. The van der Waals surface area contributed by atoms with Crippen molar-refractivity contribution in [2.45, 2.75) is 26.8 Å². The topological polar surface area (TPSA) is 98.0 Å². The molecule has 0 aliphatic carbocycles. The molecule has 0 spiro atoms. The number of aromatic nitrogens is 3. The molecule has 0 bridgehead atoms. The van der Waals surface area contributed by atoms with Gasteiger partial charge in [-0.15, -0.1) is 11.3 Å². The summed E-state index contributed by atoms with van der Waals surface area (Å²) in [7, 11) is 1.86. The maximum absolute atomic E-state index is 12.7. The number of fused-ring (bicyclic) bond motifs is 2. The number of nitrogens with one attached hydrogen (secondary N) is 2. The van der Waals surface area contributed by atoms with E-state index < -0.39 is 11.8 Å². The zero-order valence-electron chi connectivity index (χ0n) is 16.9. The Bertz CT molecular complexity index is 1350. The van der Waals surface area contributed by atoms with E-state index in [1.165, 1.54) is 22.2 Å². The molecule has 3 aromatic heterocycles. The predicted octanol–water partition coefficient (Wildman–Crippen LogP) is 2.42. The van der Waals surface area contributed by atoms with E-state index in [0.29, 0.717) is 15.8 Å². The van der Waals surface area contributed by atoms with Gasteiger partial charge < -0.3 is 4.57 Å². The van der Waals surface area contributed by atoms with Gasteiger partial charge in [0.2, 0.25) is 5.91 Å². The van der Waals surface area contributed by atoms with Gasteiger partial charge in [0.05, 0.1) is 17.3 Å². The highest BCUT2D eigenvalue weighted by atomic mass is 32.1. The Morgan fingerprint density at radius 3 is 2.73 bits per heavy atom. The number of nitrogens with zero attached hydrogens (tertiary/aromatic N) is 3. The molecule has 0 aliphatic rings. The highest BCUT2D eigenvalue weighted by molar-refractivity contribution is 7.18. The molecular formula is C21H21N5O3S. The summed E-state index contributed by atoms with van der Waals surface area (Å²) in [6.07, 6.45) is 3.21. The van der Waals surface area contributed by atoms with Crippen molar-refractivity contribution in [2.24, 2.45) is 7.05 Å². The Morgan fingerprint density at radius 1 is 1.17 bits per heavy atom. The Morgan fingerprint density at radius 2 is 1.93 bits per heavy atom. The second-order valence-electron chi connectivity index (χ2n) is 7.13. The standard InChI is InChI=1S/C21H21N5O3S/c1-12-13(2)30-20-18(12)21(29)26(11-22-20)9-8-17(27)23-24-19(28)15-10-25(3)16-7-5-4-6-14(15)16/h4-7,10-11H,8-9H2,1-3H3,(H,23,27)(H,24,28). The van der Waals surface area contributed by atoms with Crippen molar-refractivity contribution in [2.75, 3.05) is 0 Å². The summed E-state index contributed by atoms with van der Waals surface area (Å²) in [5.41, 5.74) is 7.03. The molecule has 4 rings (SSSR count). The molecule has 1 aromatic carbocycles. The summed E-state index contributed by atoms with van der Waals surface area (Å²) in [5, 5.41) is 1.41. The minimum absolute atomic E-state index is 0.0328. The van der Waals surface area contributed by atoms with Crippen LogP contribution in [0.25, 0.3) is 21.1 Å². The average Bonchev–Trinajstić information content (AvgIpc) is 3.23. The SMILES string of the molecule is Cc1sc2ncn(CCC(=O)NNC(=O)c3cn(C)c4ccccc34)c(=O)c2c1C. The molecule has 0 atom stereocenters. The van der Waals surface area contributed by atoms with Crippen LogP contribution in [0.2, 0.25) is 0 Å². The summed E-state index contributed by atoms with van der Waals surface area (Å²) in [4.78, 5) is 43.5. The van der Waals surface area contributed by atoms with Crippen molar-refractivity contribution in [3.8, 4) is 0 Å². The molecule has 8 nitrogen and oxygen atoms in total. The summed E-state index contributed by atoms with van der Waals surface area (Å²) >= 11 is 1.48. The van der Waals surface area contributed by atoms with Crippen molar-refractivity contribution >= 4 is 44.3 Å². The van der Waals surface area contributed by atoms with Gasteiger partial charge in [-0.1, -0.05) is 18.2 Å². The molecule has 0 aliphatic heterocycles. The highest BCUT2D eigenvalue weighted by Gasteiger charge is 2.15. The number of thiophene rings is 1. The molecule has 154 valence electrons. The van der Waals surface area contributed by atoms with Gasteiger partial charge in [0.1, 0.15) is 4.83 Å². The van der Waals surface area contributed by atoms with Gasteiger partial charge in [0.15, 0.2) is 0 Å². The van der Waals surface area contributed by atoms with E-state index in [4.69, 9.17) is 0 Å². The number of rotatable bonds is 4. The van der Waals surface area contributed by atoms with Gasteiger partial charge in [0.25, 0.3) is 11.5 Å². The van der Waals surface area contributed by atoms with Crippen molar-refractivity contribution in [3.63, 3.8) is 0 Å². The summed E-state index contributed by atoms with van der Waals surface area (Å²) in [6.45, 7) is 4.03. The third-order valence-electron chi connectivity index (χ3n) is 5.19. The van der Waals surface area contributed by atoms with Gasteiger partial charge in [-0.3, -0.25) is 29.8 Å². The Labute approximate surface area is 176 Å². The molecule has 4 aromatic rings. The lowest BCUT2D eigenvalue weighted by Gasteiger charge is -2.08. The van der Waals surface area contributed by atoms with Crippen LogP contribution in [-0.4, -0.2) is 25.9 Å². The maximum Gasteiger partial charge on any atom is 0.271 e. The van der Waals surface area contributed by atoms with E-state index in [1.807, 2.05) is 49.7 Å². The molecule has 2 amide bonds. The van der Waals surface area contributed by atoms with Crippen LogP contribution in [0.5, 0.6) is 0 Å². The Kier molecular flexibility index (Phi) is 5.13. The number of amides is 2. The third kappa shape index (κ3) is 3.48. The first kappa shape index (κ1) is 19.8. The number of para-hydroxylation sites is 1. The van der Waals surface area contributed by atoms with Crippen LogP contribution in [-0.2, 0) is 18.4 Å². The molecule has 0 radical (unpaired) electrons. The van der Waals surface area contributed by atoms with Gasteiger partial charge >= 0.3 is 0 Å². The number of hydrogen-bond donors (Lipinski definition) is 2. The van der Waals surface area contributed by atoms with Crippen LogP contribution >= 0.6 is 11.3 Å². The third-order valence-corrected chi connectivity index (χ3v) is 6.31. The van der Waals surface area contributed by atoms with Crippen LogP contribution in [0.4, 0.5) is 0 Å². The molecule has 0 saturated carbocycles. The van der Waals surface area contributed by atoms with Crippen molar-refractivity contribution in [3.05, 3.63) is 63.1 Å². The fourth-order valence-corrected chi connectivity index (χ4v) is 4.42. The highest BCUT2D eigenvalue weighted by Crippen LogP contribution is 2.25. The molecule has 0 fully saturated rings. The number of aryl methyl sites for hydroxylation is 4. The monoisotopic (exact) mass is 423 g/mol. The Hall–Kier alpha value is -3.46. The minimum Gasteiger partial charge on any atom is -0.350 e. The van der Waals surface area contributed by atoms with Crippen molar-refractivity contribution in [1.82, 2.24) is 25.0 Å². The van der Waals surface area contributed by atoms with Gasteiger partial charge in [0, 0.05) is 42.0 Å². The van der Waals surface area contributed by atoms with E-state index in [2.05, 4.69) is 15.8 Å². The largest absolute Gasteiger partial charge is 0.350 e. The van der Waals surface area contributed by atoms with Crippen molar-refractivity contribution in [1.29, 1.82) is 0 Å². The molecule has 2 N–H and O–H groups in total. The fraction of sp³-hybridized carbons (Fsp3) is 0.238. The number of hydrazine groups is 1. The maximum atomic E-state index is 12.7. The normalized spacial score (nSPS) is 11.2. The molecule has 0 unspecified atom stereocenters. The first-order chi connectivity index (χ1) is 14.4. The zero-order valence-corrected chi connectivity index (χ0v) is 17.7. The molecule has 3 heterocycles. The number of carbonyl (C=O) groups is 2. The van der Waals surface area contributed by atoms with Crippen LogP contribution in [0.15, 0.2) is 41.6 Å². The zero-order chi connectivity index (χ0) is 21.4. The van der Waals surface area contributed by atoms with Gasteiger partial charge in [-0.2, -0.15) is 0 Å². The predicted molar refractivity (Wildman–Crippen MR) is 116 cm³/mol. The smallest absolute Gasteiger partial charge is 0.271 e.